The molecule has 0 spiro atoms. The van der Waals surface area contributed by atoms with Gasteiger partial charge in [0.05, 0.1) is 0 Å². The Morgan fingerprint density at radius 2 is 1.55 bits per heavy atom. The summed E-state index contributed by atoms with van der Waals surface area (Å²) < 4.78 is 0. The van der Waals surface area contributed by atoms with Gasteiger partial charge in [-0.2, -0.15) is 0 Å². The minimum absolute atomic E-state index is 0.107. The number of likely N-dealkylation sites (N-methyl/N-ethyl adjacent to an activating group) is 1. The lowest BCUT2D eigenvalue weighted by molar-refractivity contribution is -0.139. The molecular weight excluding hydrogens is 278 g/mol. The number of hydrogen-bond acceptors (Lipinski definition) is 3. The first-order valence-electron chi connectivity index (χ1n) is 8.72. The summed E-state index contributed by atoms with van der Waals surface area (Å²) in [5, 5.41) is 3.02. The zero-order chi connectivity index (χ0) is 16.1. The van der Waals surface area contributed by atoms with E-state index in [2.05, 4.69) is 31.1 Å². The predicted molar refractivity (Wildman–Crippen MR) is 87.4 cm³/mol. The van der Waals surface area contributed by atoms with Gasteiger partial charge in [-0.15, -0.1) is 0 Å². The fraction of sp³-hybridized carbons (Fsp3) is 0.882. The molecule has 5 heteroatoms. The quantitative estimate of drug-likeness (QED) is 0.852. The van der Waals surface area contributed by atoms with E-state index in [9.17, 15) is 9.59 Å². The number of carbonyl (C=O) groups excluding carboxylic acids is 2. The Bertz CT molecular complexity index is 381. The van der Waals surface area contributed by atoms with Crippen LogP contribution in [0.2, 0.25) is 0 Å². The van der Waals surface area contributed by atoms with Crippen molar-refractivity contribution in [1.82, 2.24) is 15.1 Å². The Balaban J connectivity index is 1.74. The molecule has 1 aliphatic heterocycles. The highest BCUT2D eigenvalue weighted by Gasteiger charge is 2.32. The molecule has 22 heavy (non-hydrogen) atoms. The minimum Gasteiger partial charge on any atom is -0.356 e. The van der Waals surface area contributed by atoms with Crippen LogP contribution in [-0.4, -0.2) is 61.4 Å². The Kier molecular flexibility index (Phi) is 6.24. The highest BCUT2D eigenvalue weighted by molar-refractivity contribution is 5.81. The first-order valence-corrected chi connectivity index (χ1v) is 8.72. The number of nitrogens with zero attached hydrogens (tertiary/aromatic N) is 2. The third kappa shape index (κ3) is 4.70. The zero-order valence-electron chi connectivity index (χ0n) is 14.3. The summed E-state index contributed by atoms with van der Waals surface area (Å²) >= 11 is 0. The average Bonchev–Trinajstić information content (AvgIpc) is 2.53. The predicted octanol–water partition coefficient (Wildman–Crippen LogP) is 1.34. The van der Waals surface area contributed by atoms with Crippen LogP contribution in [0, 0.1) is 17.8 Å². The third-order valence-electron chi connectivity index (χ3n) is 4.95. The molecule has 0 aromatic heterocycles. The molecule has 1 saturated carbocycles. The average molecular weight is 309 g/mol. The summed E-state index contributed by atoms with van der Waals surface area (Å²) in [6.45, 7) is 8.60. The van der Waals surface area contributed by atoms with Crippen molar-refractivity contribution in [2.75, 3.05) is 39.8 Å². The second kappa shape index (κ2) is 7.95. The summed E-state index contributed by atoms with van der Waals surface area (Å²) in [7, 11) is 2.10. The zero-order valence-corrected chi connectivity index (χ0v) is 14.3. The number of piperazine rings is 1. The van der Waals surface area contributed by atoms with E-state index in [1.807, 2.05) is 4.90 Å². The third-order valence-corrected chi connectivity index (χ3v) is 4.95. The maximum atomic E-state index is 12.6. The summed E-state index contributed by atoms with van der Waals surface area (Å²) in [5.41, 5.74) is 0. The molecule has 0 unspecified atom stereocenters. The van der Waals surface area contributed by atoms with E-state index in [4.69, 9.17) is 0 Å². The Morgan fingerprint density at radius 3 is 2.09 bits per heavy atom. The van der Waals surface area contributed by atoms with Gasteiger partial charge in [-0.25, -0.2) is 0 Å². The van der Waals surface area contributed by atoms with Crippen LogP contribution in [0.4, 0.5) is 0 Å². The second-order valence-electron chi connectivity index (χ2n) is 7.32. The molecule has 0 aromatic rings. The number of nitrogens with one attached hydrogen (secondary N) is 1. The van der Waals surface area contributed by atoms with Crippen molar-refractivity contribution < 1.29 is 9.59 Å². The summed E-state index contributed by atoms with van der Waals surface area (Å²) in [6.07, 6.45) is 3.44. The highest BCUT2D eigenvalue weighted by atomic mass is 16.2. The molecule has 1 heterocycles. The van der Waals surface area contributed by atoms with Gasteiger partial charge in [-0.3, -0.25) is 9.59 Å². The maximum Gasteiger partial charge on any atom is 0.225 e. The van der Waals surface area contributed by atoms with Gasteiger partial charge in [0, 0.05) is 44.6 Å². The van der Waals surface area contributed by atoms with Gasteiger partial charge < -0.3 is 15.1 Å². The van der Waals surface area contributed by atoms with Crippen molar-refractivity contribution in [3.63, 3.8) is 0 Å². The van der Waals surface area contributed by atoms with E-state index in [1.165, 1.54) is 0 Å². The second-order valence-corrected chi connectivity index (χ2v) is 7.32. The van der Waals surface area contributed by atoms with Crippen molar-refractivity contribution in [1.29, 1.82) is 0 Å². The molecular formula is C17H31N3O2. The number of amides is 2. The van der Waals surface area contributed by atoms with Crippen LogP contribution in [0.15, 0.2) is 0 Å². The smallest absolute Gasteiger partial charge is 0.225 e. The van der Waals surface area contributed by atoms with Gasteiger partial charge in [0.25, 0.3) is 0 Å². The lowest BCUT2D eigenvalue weighted by Crippen LogP contribution is -2.49. The van der Waals surface area contributed by atoms with Crippen molar-refractivity contribution in [2.45, 2.75) is 39.5 Å². The van der Waals surface area contributed by atoms with Gasteiger partial charge in [-0.1, -0.05) is 13.8 Å². The summed E-state index contributed by atoms with van der Waals surface area (Å²) in [6, 6.07) is 0. The normalized spacial score (nSPS) is 27.0. The van der Waals surface area contributed by atoms with E-state index in [0.717, 1.165) is 58.4 Å². The van der Waals surface area contributed by atoms with Crippen LogP contribution < -0.4 is 5.32 Å². The maximum absolute atomic E-state index is 12.6. The number of hydrogen-bond donors (Lipinski definition) is 1. The van der Waals surface area contributed by atoms with E-state index >= 15 is 0 Å². The standard InChI is InChI=1S/C17H31N3O2/c1-13(2)12-18-16(21)14-4-6-15(7-5-14)17(22)20-10-8-19(3)9-11-20/h13-15H,4-12H2,1-3H3,(H,18,21). The van der Waals surface area contributed by atoms with Crippen LogP contribution >= 0.6 is 0 Å². The van der Waals surface area contributed by atoms with E-state index < -0.39 is 0 Å². The van der Waals surface area contributed by atoms with E-state index in [-0.39, 0.29) is 17.7 Å². The van der Waals surface area contributed by atoms with Crippen LogP contribution in [0.5, 0.6) is 0 Å². The SMILES string of the molecule is CC(C)CNC(=O)C1CCC(C(=O)N2CCN(C)CC2)CC1. The Labute approximate surface area is 134 Å². The van der Waals surface area contributed by atoms with Crippen LogP contribution in [0.3, 0.4) is 0 Å². The van der Waals surface area contributed by atoms with Crippen molar-refractivity contribution in [2.24, 2.45) is 17.8 Å². The lowest BCUT2D eigenvalue weighted by atomic mass is 9.80. The van der Waals surface area contributed by atoms with Gasteiger partial charge in [0.2, 0.25) is 11.8 Å². The number of carbonyl (C=O) groups is 2. The van der Waals surface area contributed by atoms with Crippen molar-refractivity contribution in [3.05, 3.63) is 0 Å². The molecule has 5 nitrogen and oxygen atoms in total. The molecule has 0 radical (unpaired) electrons. The van der Waals surface area contributed by atoms with E-state index in [0.29, 0.717) is 11.8 Å². The van der Waals surface area contributed by atoms with Crippen molar-refractivity contribution >= 4 is 11.8 Å². The molecule has 2 amide bonds. The molecule has 126 valence electrons. The summed E-state index contributed by atoms with van der Waals surface area (Å²) in [4.78, 5) is 28.9. The fourth-order valence-electron chi connectivity index (χ4n) is 3.34. The molecule has 2 rings (SSSR count). The van der Waals surface area contributed by atoms with E-state index in [1.54, 1.807) is 0 Å². The molecule has 1 N–H and O–H groups in total. The van der Waals surface area contributed by atoms with Crippen LogP contribution in [-0.2, 0) is 9.59 Å². The monoisotopic (exact) mass is 309 g/mol. The number of rotatable bonds is 4. The van der Waals surface area contributed by atoms with Crippen molar-refractivity contribution in [3.8, 4) is 0 Å². The molecule has 0 bridgehead atoms. The highest BCUT2D eigenvalue weighted by Crippen LogP contribution is 2.30. The molecule has 0 atom stereocenters. The summed E-state index contributed by atoms with van der Waals surface area (Å²) in [5.74, 6) is 1.22. The first-order chi connectivity index (χ1) is 10.5. The Hall–Kier alpha value is -1.10. The van der Waals surface area contributed by atoms with Crippen LogP contribution in [0.1, 0.15) is 39.5 Å². The van der Waals surface area contributed by atoms with Gasteiger partial charge in [0.15, 0.2) is 0 Å². The van der Waals surface area contributed by atoms with Gasteiger partial charge in [0.1, 0.15) is 0 Å². The lowest BCUT2D eigenvalue weighted by Gasteiger charge is -2.36. The topological polar surface area (TPSA) is 52.7 Å². The first kappa shape index (κ1) is 17.3. The van der Waals surface area contributed by atoms with Crippen LogP contribution in [0.25, 0.3) is 0 Å². The van der Waals surface area contributed by atoms with Gasteiger partial charge >= 0.3 is 0 Å². The van der Waals surface area contributed by atoms with Gasteiger partial charge in [-0.05, 0) is 38.6 Å². The molecule has 1 aliphatic carbocycles. The fourth-order valence-corrected chi connectivity index (χ4v) is 3.34. The minimum atomic E-state index is 0.107. The largest absolute Gasteiger partial charge is 0.356 e. The Morgan fingerprint density at radius 1 is 1.00 bits per heavy atom. The molecule has 2 aliphatic rings. The molecule has 2 fully saturated rings. The molecule has 1 saturated heterocycles. The molecule has 0 aromatic carbocycles.